The van der Waals surface area contributed by atoms with Crippen molar-refractivity contribution in [1.29, 1.82) is 0 Å². The number of rotatable bonds is 1. The van der Waals surface area contributed by atoms with Gasteiger partial charge in [0.2, 0.25) is 0 Å². The molecule has 80 valence electrons. The molecule has 2 heterocycles. The maximum atomic E-state index is 11.4. The molecule has 3 atom stereocenters. The second kappa shape index (κ2) is 3.87. The number of piperazine rings is 1. The number of esters is 1. The molecular formula is C10H18N2O2. The number of nitrogens with one attached hydrogen (secondary N) is 1. The van der Waals surface area contributed by atoms with E-state index in [1.54, 1.807) is 0 Å². The predicted molar refractivity (Wildman–Crippen MR) is 53.0 cm³/mol. The predicted octanol–water partition coefficient (Wildman–Crippen LogP) is -0.0159. The molecule has 2 rings (SSSR count). The van der Waals surface area contributed by atoms with Gasteiger partial charge in [-0.2, -0.15) is 0 Å². The Kier molecular flexibility index (Phi) is 2.74. The Bertz CT molecular complexity index is 222. The van der Waals surface area contributed by atoms with Crippen LogP contribution >= 0.6 is 0 Å². The first kappa shape index (κ1) is 9.93. The zero-order chi connectivity index (χ0) is 10.1. The van der Waals surface area contributed by atoms with Gasteiger partial charge in [0.25, 0.3) is 0 Å². The van der Waals surface area contributed by atoms with Crippen LogP contribution in [0.3, 0.4) is 0 Å². The summed E-state index contributed by atoms with van der Waals surface area (Å²) < 4.78 is 4.99. The van der Waals surface area contributed by atoms with Gasteiger partial charge in [0.05, 0.1) is 6.61 Å². The Morgan fingerprint density at radius 2 is 2.00 bits per heavy atom. The monoisotopic (exact) mass is 198 g/mol. The quantitative estimate of drug-likeness (QED) is 0.601. The van der Waals surface area contributed by atoms with Crippen molar-refractivity contribution in [1.82, 2.24) is 10.2 Å². The molecule has 0 aromatic carbocycles. The summed E-state index contributed by atoms with van der Waals surface area (Å²) in [5.41, 5.74) is 0. The van der Waals surface area contributed by atoms with Gasteiger partial charge in [-0.25, -0.2) is 0 Å². The second-order valence-electron chi connectivity index (χ2n) is 4.39. The standard InChI is InChI=1S/C10H18N2O2/c1-7-5-12(6-8(2)11-7)9-3-4-14-10(9)13/h7-9,11H,3-6H2,1-2H3. The summed E-state index contributed by atoms with van der Waals surface area (Å²) in [6.45, 7) is 6.80. The van der Waals surface area contributed by atoms with Crippen LogP contribution in [-0.2, 0) is 9.53 Å². The number of carbonyl (C=O) groups is 1. The van der Waals surface area contributed by atoms with Gasteiger partial charge in [-0.05, 0) is 13.8 Å². The fourth-order valence-electron chi connectivity index (χ4n) is 2.44. The Morgan fingerprint density at radius 1 is 1.36 bits per heavy atom. The van der Waals surface area contributed by atoms with Gasteiger partial charge in [-0.3, -0.25) is 9.69 Å². The minimum absolute atomic E-state index is 0.0157. The second-order valence-corrected chi connectivity index (χ2v) is 4.39. The van der Waals surface area contributed by atoms with Gasteiger partial charge < -0.3 is 10.1 Å². The van der Waals surface area contributed by atoms with E-state index in [2.05, 4.69) is 24.1 Å². The molecule has 4 nitrogen and oxygen atoms in total. The maximum absolute atomic E-state index is 11.4. The van der Waals surface area contributed by atoms with Crippen molar-refractivity contribution in [3.05, 3.63) is 0 Å². The molecule has 0 aliphatic carbocycles. The topological polar surface area (TPSA) is 41.6 Å². The molecule has 14 heavy (non-hydrogen) atoms. The molecule has 2 aliphatic heterocycles. The molecule has 0 radical (unpaired) electrons. The highest BCUT2D eigenvalue weighted by atomic mass is 16.5. The number of hydrogen-bond donors (Lipinski definition) is 1. The van der Waals surface area contributed by atoms with Gasteiger partial charge in [0.1, 0.15) is 6.04 Å². The van der Waals surface area contributed by atoms with Gasteiger partial charge in [-0.15, -0.1) is 0 Å². The largest absolute Gasteiger partial charge is 0.464 e. The molecule has 0 spiro atoms. The molecule has 2 saturated heterocycles. The average molecular weight is 198 g/mol. The third kappa shape index (κ3) is 1.91. The van der Waals surface area contributed by atoms with Crippen LogP contribution in [0.25, 0.3) is 0 Å². The molecule has 4 heteroatoms. The van der Waals surface area contributed by atoms with Crippen LogP contribution in [0, 0.1) is 0 Å². The van der Waals surface area contributed by atoms with E-state index in [-0.39, 0.29) is 12.0 Å². The van der Waals surface area contributed by atoms with Crippen molar-refractivity contribution in [3.63, 3.8) is 0 Å². The molecule has 2 aliphatic rings. The first-order valence-electron chi connectivity index (χ1n) is 5.33. The van der Waals surface area contributed by atoms with Crippen LogP contribution in [0.1, 0.15) is 20.3 Å². The molecule has 0 saturated carbocycles. The van der Waals surface area contributed by atoms with E-state index in [1.807, 2.05) is 0 Å². The Balaban J connectivity index is 1.99. The lowest BCUT2D eigenvalue weighted by Crippen LogP contribution is -2.57. The summed E-state index contributed by atoms with van der Waals surface area (Å²) in [5.74, 6) is -0.0358. The van der Waals surface area contributed by atoms with E-state index in [1.165, 1.54) is 0 Å². The molecule has 0 amide bonds. The van der Waals surface area contributed by atoms with Crippen molar-refractivity contribution < 1.29 is 9.53 Å². The average Bonchev–Trinajstić information content (AvgIpc) is 2.49. The highest BCUT2D eigenvalue weighted by Crippen LogP contribution is 2.17. The van der Waals surface area contributed by atoms with Crippen LogP contribution in [0.5, 0.6) is 0 Å². The van der Waals surface area contributed by atoms with Gasteiger partial charge >= 0.3 is 5.97 Å². The van der Waals surface area contributed by atoms with Crippen molar-refractivity contribution in [2.24, 2.45) is 0 Å². The summed E-state index contributed by atoms with van der Waals surface area (Å²) in [5, 5.41) is 3.45. The SMILES string of the molecule is CC1CN(C2CCOC2=O)CC(C)N1. The molecular weight excluding hydrogens is 180 g/mol. The van der Waals surface area contributed by atoms with E-state index in [9.17, 15) is 4.79 Å². The molecule has 3 unspecified atom stereocenters. The van der Waals surface area contributed by atoms with Crippen LogP contribution < -0.4 is 5.32 Å². The molecule has 2 fully saturated rings. The third-order valence-corrected chi connectivity index (χ3v) is 2.93. The number of hydrogen-bond acceptors (Lipinski definition) is 4. The van der Waals surface area contributed by atoms with E-state index in [0.717, 1.165) is 19.5 Å². The van der Waals surface area contributed by atoms with Crippen LogP contribution in [0.2, 0.25) is 0 Å². The van der Waals surface area contributed by atoms with E-state index >= 15 is 0 Å². The minimum atomic E-state index is -0.0358. The number of nitrogens with zero attached hydrogens (tertiary/aromatic N) is 1. The fraction of sp³-hybridized carbons (Fsp3) is 0.900. The lowest BCUT2D eigenvalue weighted by atomic mass is 10.1. The highest BCUT2D eigenvalue weighted by molar-refractivity contribution is 5.77. The number of cyclic esters (lactones) is 1. The van der Waals surface area contributed by atoms with Crippen LogP contribution in [-0.4, -0.2) is 48.7 Å². The smallest absolute Gasteiger partial charge is 0.323 e. The molecule has 0 bridgehead atoms. The van der Waals surface area contributed by atoms with Crippen molar-refractivity contribution in [2.45, 2.75) is 38.4 Å². The van der Waals surface area contributed by atoms with Crippen molar-refractivity contribution >= 4 is 5.97 Å². The van der Waals surface area contributed by atoms with Gasteiger partial charge in [0.15, 0.2) is 0 Å². The summed E-state index contributed by atoms with van der Waals surface area (Å²) in [7, 11) is 0. The first-order valence-corrected chi connectivity index (χ1v) is 5.33. The van der Waals surface area contributed by atoms with Gasteiger partial charge in [0, 0.05) is 31.6 Å². The van der Waals surface area contributed by atoms with Gasteiger partial charge in [-0.1, -0.05) is 0 Å². The minimum Gasteiger partial charge on any atom is -0.464 e. The Hall–Kier alpha value is -0.610. The molecule has 0 aromatic heterocycles. The van der Waals surface area contributed by atoms with Crippen LogP contribution in [0.4, 0.5) is 0 Å². The van der Waals surface area contributed by atoms with Crippen LogP contribution in [0.15, 0.2) is 0 Å². The highest BCUT2D eigenvalue weighted by Gasteiger charge is 2.35. The normalized spacial score (nSPS) is 39.9. The summed E-state index contributed by atoms with van der Waals surface area (Å²) >= 11 is 0. The van der Waals surface area contributed by atoms with Crippen molar-refractivity contribution in [3.8, 4) is 0 Å². The number of ether oxygens (including phenoxy) is 1. The van der Waals surface area contributed by atoms with E-state index < -0.39 is 0 Å². The Labute approximate surface area is 84.6 Å². The lowest BCUT2D eigenvalue weighted by molar-refractivity contribution is -0.142. The fourth-order valence-corrected chi connectivity index (χ4v) is 2.44. The van der Waals surface area contributed by atoms with E-state index in [4.69, 9.17) is 4.74 Å². The maximum Gasteiger partial charge on any atom is 0.323 e. The third-order valence-electron chi connectivity index (χ3n) is 2.93. The molecule has 0 aromatic rings. The first-order chi connectivity index (χ1) is 6.66. The zero-order valence-corrected chi connectivity index (χ0v) is 8.82. The summed E-state index contributed by atoms with van der Waals surface area (Å²) in [6.07, 6.45) is 0.859. The molecule has 1 N–H and O–H groups in total. The zero-order valence-electron chi connectivity index (χ0n) is 8.82. The van der Waals surface area contributed by atoms with E-state index in [0.29, 0.717) is 18.7 Å². The number of carbonyl (C=O) groups excluding carboxylic acids is 1. The van der Waals surface area contributed by atoms with Crippen molar-refractivity contribution in [2.75, 3.05) is 19.7 Å². The summed E-state index contributed by atoms with van der Waals surface area (Å²) in [6, 6.07) is 0.946. The lowest BCUT2D eigenvalue weighted by Gasteiger charge is -2.38. The Morgan fingerprint density at radius 3 is 2.50 bits per heavy atom. The summed E-state index contributed by atoms with van der Waals surface area (Å²) in [4.78, 5) is 13.7.